The maximum absolute atomic E-state index is 2.82. The van der Waals surface area contributed by atoms with Gasteiger partial charge in [-0.2, -0.15) is 0 Å². The van der Waals surface area contributed by atoms with E-state index in [1.54, 1.807) is 47.8 Å². The molecule has 3 aromatic rings. The molecule has 0 heterocycles. The van der Waals surface area contributed by atoms with E-state index in [0.717, 1.165) is 0 Å². The molecule has 1 atom stereocenters. The van der Waals surface area contributed by atoms with E-state index in [0.29, 0.717) is 0 Å². The van der Waals surface area contributed by atoms with E-state index < -0.39 is 50.2 Å². The van der Waals surface area contributed by atoms with Gasteiger partial charge in [0.15, 0.2) is 0 Å². The van der Waals surface area contributed by atoms with Crippen LogP contribution in [0.2, 0.25) is 74.4 Å². The van der Waals surface area contributed by atoms with Crippen LogP contribution < -0.4 is 31.1 Å². The molecule has 0 saturated carbocycles. The van der Waals surface area contributed by atoms with Crippen LogP contribution in [-0.2, 0) is 17.9 Å². The van der Waals surface area contributed by atoms with Gasteiger partial charge in [-0.05, 0) is 0 Å². The van der Waals surface area contributed by atoms with Crippen LogP contribution in [-0.4, -0.2) is 32.3 Å². The number of allylic oxidation sites excluding steroid dienone is 4. The molecule has 1 aliphatic carbocycles. The van der Waals surface area contributed by atoms with Gasteiger partial charge in [0, 0.05) is 0 Å². The molecule has 0 amide bonds. The van der Waals surface area contributed by atoms with Crippen molar-refractivity contribution >= 4 is 63.4 Å². The third-order valence-electron chi connectivity index (χ3n) is 11.1. The van der Waals surface area contributed by atoms with Gasteiger partial charge < -0.3 is 0 Å². The van der Waals surface area contributed by atoms with Crippen molar-refractivity contribution in [3.8, 4) is 0 Å². The van der Waals surface area contributed by atoms with Gasteiger partial charge in [0.2, 0.25) is 0 Å². The van der Waals surface area contributed by atoms with E-state index in [1.165, 1.54) is 16.7 Å². The second-order valence-electron chi connectivity index (χ2n) is 18.1. The zero-order valence-electron chi connectivity index (χ0n) is 32.7. The maximum atomic E-state index is 2.74. The van der Waals surface area contributed by atoms with Crippen LogP contribution in [0, 0.1) is 20.8 Å². The van der Waals surface area contributed by atoms with Crippen molar-refractivity contribution in [1.29, 1.82) is 0 Å². The van der Waals surface area contributed by atoms with Crippen molar-refractivity contribution in [3.63, 3.8) is 0 Å². The van der Waals surface area contributed by atoms with E-state index in [4.69, 9.17) is 0 Å². The molecule has 4 rings (SSSR count). The van der Waals surface area contributed by atoms with Crippen molar-refractivity contribution in [2.75, 3.05) is 0 Å². The molecule has 46 heavy (non-hydrogen) atoms. The van der Waals surface area contributed by atoms with Crippen molar-refractivity contribution in [2.24, 2.45) is 0 Å². The predicted molar refractivity (Wildman–Crippen MR) is 218 cm³/mol. The molecule has 5 heteroatoms. The van der Waals surface area contributed by atoms with Crippen LogP contribution >= 0.6 is 0 Å². The first-order valence-corrected chi connectivity index (χ1v) is 33.9. The summed E-state index contributed by atoms with van der Waals surface area (Å²) >= 11 is -1.57. The summed E-state index contributed by atoms with van der Waals surface area (Å²) in [7, 11) is -7.63. The molecule has 0 fully saturated rings. The summed E-state index contributed by atoms with van der Waals surface area (Å²) < 4.78 is 1.83. The summed E-state index contributed by atoms with van der Waals surface area (Å²) in [4.78, 5) is 0. The van der Waals surface area contributed by atoms with E-state index >= 15 is 0 Å². The normalized spacial score (nSPS) is 18.1. The number of aryl methyl sites for hydroxylation is 3. The minimum atomic E-state index is -2.82. The third-order valence-corrected chi connectivity index (χ3v) is 26.1. The zero-order valence-corrected chi connectivity index (χ0v) is 38.3. The number of benzene rings is 3. The monoisotopic (exact) mass is 715 g/mol. The van der Waals surface area contributed by atoms with Gasteiger partial charge in [-0.1, -0.05) is 0 Å². The first kappa shape index (κ1) is 37.5. The third kappa shape index (κ3) is 6.41. The molecular formula is C41H63Si4Ti. The fourth-order valence-corrected chi connectivity index (χ4v) is 24.3. The average molecular weight is 716 g/mol. The topological polar surface area (TPSA) is 0 Å². The summed E-state index contributed by atoms with van der Waals surface area (Å²) in [6.07, 6.45) is 0. The Morgan fingerprint density at radius 3 is 0.978 bits per heavy atom. The average Bonchev–Trinajstić information content (AvgIpc) is 3.07. The Labute approximate surface area is 294 Å². The molecule has 0 N–H and O–H groups in total. The molecule has 1 aliphatic rings. The van der Waals surface area contributed by atoms with E-state index in [-0.39, 0.29) is 5.04 Å². The first-order valence-electron chi connectivity index (χ1n) is 17.4. The Morgan fingerprint density at radius 1 is 0.435 bits per heavy atom. The van der Waals surface area contributed by atoms with Crippen LogP contribution in [0.1, 0.15) is 44.4 Å². The Kier molecular flexibility index (Phi) is 10.2. The van der Waals surface area contributed by atoms with Gasteiger partial charge in [0.25, 0.3) is 0 Å². The van der Waals surface area contributed by atoms with Crippen LogP contribution in [0.25, 0.3) is 0 Å². The van der Waals surface area contributed by atoms with Crippen molar-refractivity contribution in [3.05, 3.63) is 91.9 Å². The molecule has 247 valence electrons. The standard InChI is InChI=1S/C39H57Si4.2CH3.Ti/c1-27-17-33(40(8,9)10)23-36(20-27)43(39(7)26-30(4)31(5)32(39)6,37-21-28(2)18-34(24-37)41(11,12)13)38-22-29(3)19-35(25-38)42(14,15)16;;;/h17-25H,1-16H3;2*1H3;. The number of hydrogen-bond donors (Lipinski definition) is 0. The molecule has 0 nitrogen and oxygen atoms in total. The Hall–Kier alpha value is -1.28. The second kappa shape index (κ2) is 12.6. The molecule has 0 aromatic heterocycles. The van der Waals surface area contributed by atoms with Crippen LogP contribution in [0.15, 0.2) is 75.2 Å². The molecule has 0 aliphatic heterocycles. The molecular weight excluding hydrogens is 653 g/mol. The Morgan fingerprint density at radius 2 is 0.717 bits per heavy atom. The number of hydrogen-bond acceptors (Lipinski definition) is 0. The van der Waals surface area contributed by atoms with Gasteiger partial charge in [-0.15, -0.1) is 0 Å². The summed E-state index contributed by atoms with van der Waals surface area (Å²) in [5.41, 5.74) is 9.06. The summed E-state index contributed by atoms with van der Waals surface area (Å²) in [5.74, 6) is 0. The summed E-state index contributed by atoms with van der Waals surface area (Å²) in [6, 6.07) is 23.7. The molecule has 0 radical (unpaired) electrons. The quantitative estimate of drug-likeness (QED) is 0.162. The zero-order chi connectivity index (χ0) is 34.9. The van der Waals surface area contributed by atoms with Gasteiger partial charge in [-0.25, -0.2) is 0 Å². The van der Waals surface area contributed by atoms with Gasteiger partial charge in [-0.3, -0.25) is 0 Å². The van der Waals surface area contributed by atoms with Crippen molar-refractivity contribution < 1.29 is 17.9 Å². The van der Waals surface area contributed by atoms with Gasteiger partial charge in [0.05, 0.1) is 0 Å². The van der Waals surface area contributed by atoms with Gasteiger partial charge >= 0.3 is 296 Å². The minimum absolute atomic E-state index is 0.0422. The van der Waals surface area contributed by atoms with E-state index in [2.05, 4.69) is 172 Å². The first-order chi connectivity index (χ1) is 20.9. The SMILES string of the molecule is CC1=C(C)C(C)([Si](c2cc(C)cc([Si](C)(C)C)c2)(c2cc(C)cc([Si](C)(C)C)c2)c2cc(C)cc([Si](C)(C)C)c2)[C]([Ti]([CH3])[CH3])=C1C. The predicted octanol–water partition coefficient (Wildman–Crippen LogP) is 8.82. The fourth-order valence-electron chi connectivity index (χ4n) is 8.41. The molecule has 0 spiro atoms. The van der Waals surface area contributed by atoms with E-state index in [1.807, 2.05) is 3.88 Å². The summed E-state index contributed by atoms with van der Waals surface area (Å²) in [6.45, 7) is 40.1. The van der Waals surface area contributed by atoms with Gasteiger partial charge in [0.1, 0.15) is 0 Å². The van der Waals surface area contributed by atoms with Crippen LogP contribution in [0.3, 0.4) is 0 Å². The van der Waals surface area contributed by atoms with Crippen LogP contribution in [0.4, 0.5) is 0 Å². The second-order valence-corrected chi connectivity index (χ2v) is 41.5. The van der Waals surface area contributed by atoms with Crippen molar-refractivity contribution in [2.45, 2.75) is 123 Å². The molecule has 0 bridgehead atoms. The summed E-state index contributed by atoms with van der Waals surface area (Å²) in [5, 5.41) is 14.9. The van der Waals surface area contributed by atoms with E-state index in [9.17, 15) is 0 Å². The Bertz CT molecular complexity index is 1580. The molecule has 1 unspecified atom stereocenters. The fraction of sp³-hybridized carbons (Fsp3) is 0.463. The molecule has 3 aromatic carbocycles. The number of rotatable bonds is 8. The van der Waals surface area contributed by atoms with Crippen molar-refractivity contribution in [1.82, 2.24) is 0 Å². The Balaban J connectivity index is 2.46. The van der Waals surface area contributed by atoms with Crippen LogP contribution in [0.5, 0.6) is 0 Å². The molecule has 0 saturated heterocycles.